The third-order valence-electron chi connectivity index (χ3n) is 2.49. The molecule has 0 aliphatic carbocycles. The topological polar surface area (TPSA) is 60.5 Å². The number of carbonyl (C=O) groups excluding carboxylic acids is 1. The van der Waals surface area contributed by atoms with Crippen molar-refractivity contribution >= 4 is 17.2 Å². The van der Waals surface area contributed by atoms with Crippen molar-refractivity contribution in [3.8, 4) is 11.8 Å². The summed E-state index contributed by atoms with van der Waals surface area (Å²) < 4.78 is 10.1. The van der Waals surface area contributed by atoms with Gasteiger partial charge in [0, 0.05) is 10.9 Å². The molecule has 0 fully saturated rings. The van der Waals surface area contributed by atoms with E-state index in [9.17, 15) is 4.79 Å². The van der Waals surface area contributed by atoms with E-state index in [1.165, 1.54) is 14.2 Å². The van der Waals surface area contributed by atoms with Crippen molar-refractivity contribution in [3.63, 3.8) is 0 Å². The van der Waals surface area contributed by atoms with Gasteiger partial charge in [0.1, 0.15) is 5.56 Å². The molecule has 0 aromatic carbocycles. The Hall–Kier alpha value is -2.08. The lowest BCUT2D eigenvalue weighted by Crippen LogP contribution is -2.23. The summed E-state index contributed by atoms with van der Waals surface area (Å²) in [5.41, 5.74) is 0.389. The normalized spacial score (nSPS) is 10.0. The number of nitrogens with zero attached hydrogens (tertiary/aromatic N) is 1. The largest absolute Gasteiger partial charge is 0.481 e. The molecular weight excluding hydrogens is 264 g/mol. The third kappa shape index (κ3) is 3.23. The quantitative estimate of drug-likeness (QED) is 0.909. The Balaban J connectivity index is 2.09. The van der Waals surface area contributed by atoms with Crippen LogP contribution in [-0.4, -0.2) is 25.1 Å². The number of pyridine rings is 1. The zero-order valence-corrected chi connectivity index (χ0v) is 11.5. The lowest BCUT2D eigenvalue weighted by molar-refractivity contribution is 0.0947. The average molecular weight is 278 g/mol. The van der Waals surface area contributed by atoms with Gasteiger partial charge in [0.25, 0.3) is 5.91 Å². The highest BCUT2D eigenvalue weighted by Gasteiger charge is 2.14. The molecule has 2 heterocycles. The average Bonchev–Trinajstić information content (AvgIpc) is 2.97. The molecule has 6 heteroatoms. The molecular formula is C13H14N2O3S. The molecule has 0 atom stereocenters. The summed E-state index contributed by atoms with van der Waals surface area (Å²) in [5.74, 6) is 0.440. The number of aromatic nitrogens is 1. The molecule has 5 nitrogen and oxygen atoms in total. The predicted octanol–water partition coefficient (Wildman–Crippen LogP) is 2.09. The highest BCUT2D eigenvalue weighted by Crippen LogP contribution is 2.19. The number of rotatable bonds is 5. The summed E-state index contributed by atoms with van der Waals surface area (Å²) in [6.45, 7) is 0.492. The molecule has 0 aliphatic heterocycles. The van der Waals surface area contributed by atoms with E-state index in [1.807, 2.05) is 17.5 Å². The van der Waals surface area contributed by atoms with Gasteiger partial charge in [-0.05, 0) is 17.5 Å². The van der Waals surface area contributed by atoms with Crippen LogP contribution in [0.4, 0.5) is 0 Å². The zero-order valence-electron chi connectivity index (χ0n) is 10.7. The van der Waals surface area contributed by atoms with Gasteiger partial charge in [0.15, 0.2) is 0 Å². The van der Waals surface area contributed by atoms with E-state index in [-0.39, 0.29) is 11.8 Å². The number of thiophene rings is 1. The van der Waals surface area contributed by atoms with Gasteiger partial charge in [-0.2, -0.15) is 4.98 Å². The van der Waals surface area contributed by atoms with Crippen molar-refractivity contribution in [1.29, 1.82) is 0 Å². The van der Waals surface area contributed by atoms with Crippen LogP contribution in [0.25, 0.3) is 0 Å². The van der Waals surface area contributed by atoms with Crippen LogP contribution in [0.5, 0.6) is 11.8 Å². The van der Waals surface area contributed by atoms with Gasteiger partial charge in [-0.15, -0.1) is 11.3 Å². The molecule has 1 amide bonds. The van der Waals surface area contributed by atoms with Crippen LogP contribution in [0.15, 0.2) is 29.6 Å². The van der Waals surface area contributed by atoms with Gasteiger partial charge in [-0.25, -0.2) is 0 Å². The highest BCUT2D eigenvalue weighted by molar-refractivity contribution is 7.09. The molecule has 2 aromatic rings. The van der Waals surface area contributed by atoms with Crippen LogP contribution in [0.3, 0.4) is 0 Å². The van der Waals surface area contributed by atoms with Gasteiger partial charge in [0.05, 0.1) is 20.8 Å². The Bertz CT molecular complexity index is 555. The first kappa shape index (κ1) is 13.4. The van der Waals surface area contributed by atoms with Crippen LogP contribution in [0.2, 0.25) is 0 Å². The minimum absolute atomic E-state index is 0.222. The van der Waals surface area contributed by atoms with E-state index in [1.54, 1.807) is 23.5 Å². The number of methoxy groups -OCH3 is 2. The number of amides is 1. The van der Waals surface area contributed by atoms with Crippen molar-refractivity contribution in [2.45, 2.75) is 6.54 Å². The lowest BCUT2D eigenvalue weighted by Gasteiger charge is -2.09. The number of ether oxygens (including phenoxy) is 2. The van der Waals surface area contributed by atoms with E-state index < -0.39 is 0 Å². The van der Waals surface area contributed by atoms with Gasteiger partial charge in [-0.1, -0.05) is 6.07 Å². The molecule has 2 rings (SSSR count). The first-order valence-corrected chi connectivity index (χ1v) is 6.52. The fourth-order valence-corrected chi connectivity index (χ4v) is 2.19. The first-order valence-electron chi connectivity index (χ1n) is 5.64. The van der Waals surface area contributed by atoms with Gasteiger partial charge >= 0.3 is 0 Å². The molecule has 0 radical (unpaired) electrons. The molecule has 19 heavy (non-hydrogen) atoms. The molecule has 0 unspecified atom stereocenters. The Morgan fingerprint density at radius 3 is 2.79 bits per heavy atom. The summed E-state index contributed by atoms with van der Waals surface area (Å²) in [4.78, 5) is 17.2. The van der Waals surface area contributed by atoms with Crippen LogP contribution in [0.1, 0.15) is 15.2 Å². The molecule has 0 saturated carbocycles. The third-order valence-corrected chi connectivity index (χ3v) is 3.36. The second-order valence-corrected chi connectivity index (χ2v) is 4.70. The Morgan fingerprint density at radius 2 is 2.16 bits per heavy atom. The lowest BCUT2D eigenvalue weighted by atomic mass is 10.2. The molecule has 0 spiro atoms. The first-order chi connectivity index (χ1) is 9.24. The smallest absolute Gasteiger partial charge is 0.257 e. The molecule has 100 valence electrons. The van der Waals surface area contributed by atoms with Crippen LogP contribution in [-0.2, 0) is 6.54 Å². The maximum absolute atomic E-state index is 12.1. The van der Waals surface area contributed by atoms with Crippen molar-refractivity contribution in [3.05, 3.63) is 40.1 Å². The van der Waals surface area contributed by atoms with Crippen LogP contribution >= 0.6 is 11.3 Å². The van der Waals surface area contributed by atoms with Gasteiger partial charge < -0.3 is 14.8 Å². The summed E-state index contributed by atoms with van der Waals surface area (Å²) >= 11 is 1.59. The van der Waals surface area contributed by atoms with E-state index in [0.717, 1.165) is 4.88 Å². The summed E-state index contributed by atoms with van der Waals surface area (Å²) in [7, 11) is 2.98. The Labute approximate surface area is 115 Å². The number of hydrogen-bond acceptors (Lipinski definition) is 5. The van der Waals surface area contributed by atoms with E-state index >= 15 is 0 Å². The van der Waals surface area contributed by atoms with Crippen molar-refractivity contribution in [2.75, 3.05) is 14.2 Å². The van der Waals surface area contributed by atoms with E-state index in [4.69, 9.17) is 9.47 Å². The monoisotopic (exact) mass is 278 g/mol. The second-order valence-electron chi connectivity index (χ2n) is 3.67. The molecule has 2 aromatic heterocycles. The fraction of sp³-hybridized carbons (Fsp3) is 0.231. The van der Waals surface area contributed by atoms with E-state index in [0.29, 0.717) is 18.0 Å². The van der Waals surface area contributed by atoms with Crippen LogP contribution in [0, 0.1) is 0 Å². The molecule has 0 aliphatic rings. The van der Waals surface area contributed by atoms with Crippen molar-refractivity contribution in [2.24, 2.45) is 0 Å². The Morgan fingerprint density at radius 1 is 1.32 bits per heavy atom. The molecule has 0 saturated heterocycles. The fourth-order valence-electron chi connectivity index (χ4n) is 1.54. The number of hydrogen-bond donors (Lipinski definition) is 1. The summed E-state index contributed by atoms with van der Waals surface area (Å²) in [5, 5.41) is 4.79. The SMILES string of the molecule is COc1ccc(C(=O)NCc2cccs2)c(OC)n1. The number of nitrogens with one attached hydrogen (secondary N) is 1. The standard InChI is InChI=1S/C13H14N2O3S/c1-17-11-6-5-10(13(15-11)18-2)12(16)14-8-9-4-3-7-19-9/h3-7H,8H2,1-2H3,(H,14,16). The number of carbonyl (C=O) groups is 1. The van der Waals surface area contributed by atoms with Crippen molar-refractivity contribution < 1.29 is 14.3 Å². The molecule has 1 N–H and O–H groups in total. The summed E-state index contributed by atoms with van der Waals surface area (Å²) in [6.07, 6.45) is 0. The second kappa shape index (κ2) is 6.19. The maximum Gasteiger partial charge on any atom is 0.257 e. The predicted molar refractivity (Wildman–Crippen MR) is 72.8 cm³/mol. The zero-order chi connectivity index (χ0) is 13.7. The Kier molecular flexibility index (Phi) is 4.35. The van der Waals surface area contributed by atoms with Gasteiger partial charge in [-0.3, -0.25) is 4.79 Å². The van der Waals surface area contributed by atoms with E-state index in [2.05, 4.69) is 10.3 Å². The highest BCUT2D eigenvalue weighted by atomic mass is 32.1. The van der Waals surface area contributed by atoms with Crippen LogP contribution < -0.4 is 14.8 Å². The summed E-state index contributed by atoms with van der Waals surface area (Å²) in [6, 6.07) is 7.17. The maximum atomic E-state index is 12.1. The molecule has 0 bridgehead atoms. The minimum atomic E-state index is -0.222. The van der Waals surface area contributed by atoms with Crippen molar-refractivity contribution in [1.82, 2.24) is 10.3 Å². The minimum Gasteiger partial charge on any atom is -0.481 e. The van der Waals surface area contributed by atoms with Gasteiger partial charge in [0.2, 0.25) is 11.8 Å².